The second-order valence-corrected chi connectivity index (χ2v) is 7.83. The first kappa shape index (κ1) is 21.4. The smallest absolute Gasteiger partial charge is 0.416 e. The number of benzene rings is 2. The molecule has 2 heterocycles. The van der Waals surface area contributed by atoms with Crippen molar-refractivity contribution in [1.82, 2.24) is 10.2 Å². The van der Waals surface area contributed by atoms with E-state index in [9.17, 15) is 13.2 Å². The number of fused-ring (bicyclic) bond motifs is 1. The van der Waals surface area contributed by atoms with Crippen LogP contribution in [0.15, 0.2) is 36.4 Å². The predicted octanol–water partition coefficient (Wildman–Crippen LogP) is 5.61. The van der Waals surface area contributed by atoms with Gasteiger partial charge in [0, 0.05) is 17.2 Å². The van der Waals surface area contributed by atoms with E-state index < -0.39 is 17.8 Å². The first-order valence-electron chi connectivity index (χ1n) is 10.2. The second-order valence-electron chi connectivity index (χ2n) is 7.83. The number of alkyl halides is 3. The Hall–Kier alpha value is -2.87. The van der Waals surface area contributed by atoms with Gasteiger partial charge in [-0.3, -0.25) is 0 Å². The summed E-state index contributed by atoms with van der Waals surface area (Å²) in [5, 5.41) is 13.5. The molecule has 4 rings (SSSR count). The van der Waals surface area contributed by atoms with E-state index in [2.05, 4.69) is 15.5 Å². The molecule has 1 aliphatic heterocycles. The summed E-state index contributed by atoms with van der Waals surface area (Å²) in [7, 11) is 0. The first-order chi connectivity index (χ1) is 14.7. The molecule has 1 aliphatic rings. The van der Waals surface area contributed by atoms with Crippen LogP contribution in [-0.4, -0.2) is 29.5 Å². The van der Waals surface area contributed by atoms with E-state index in [1.807, 2.05) is 32.0 Å². The molecule has 164 valence electrons. The van der Waals surface area contributed by atoms with Gasteiger partial charge in [-0.15, -0.1) is 5.10 Å². The minimum atomic E-state index is -4.40. The van der Waals surface area contributed by atoms with Gasteiger partial charge in [-0.25, -0.2) is 0 Å². The Labute approximate surface area is 178 Å². The van der Waals surface area contributed by atoms with Gasteiger partial charge in [0.15, 0.2) is 5.82 Å². The van der Waals surface area contributed by atoms with Crippen LogP contribution in [0.5, 0.6) is 5.75 Å². The van der Waals surface area contributed by atoms with Crippen LogP contribution < -0.4 is 10.1 Å². The maximum atomic E-state index is 13.3. The van der Waals surface area contributed by atoms with E-state index in [0.29, 0.717) is 30.3 Å². The predicted molar refractivity (Wildman–Crippen MR) is 112 cm³/mol. The largest absolute Gasteiger partial charge is 0.488 e. The molecule has 1 saturated heterocycles. The molecule has 0 amide bonds. The van der Waals surface area contributed by atoms with Gasteiger partial charge in [0.25, 0.3) is 0 Å². The quantitative estimate of drug-likeness (QED) is 0.569. The fourth-order valence-electron chi connectivity index (χ4n) is 3.96. The van der Waals surface area contributed by atoms with Crippen molar-refractivity contribution in [2.24, 2.45) is 0 Å². The van der Waals surface area contributed by atoms with E-state index in [0.717, 1.165) is 29.0 Å². The third-order valence-corrected chi connectivity index (χ3v) is 5.63. The number of aryl methyl sites for hydroxylation is 1. The van der Waals surface area contributed by atoms with Gasteiger partial charge >= 0.3 is 6.18 Å². The van der Waals surface area contributed by atoms with Crippen molar-refractivity contribution in [2.75, 3.05) is 18.5 Å². The molecule has 3 aromatic rings. The van der Waals surface area contributed by atoms with E-state index in [1.54, 1.807) is 6.07 Å². The molecule has 0 aliphatic carbocycles. The Morgan fingerprint density at radius 3 is 2.65 bits per heavy atom. The summed E-state index contributed by atoms with van der Waals surface area (Å²) in [6.45, 7) is 6.41. The van der Waals surface area contributed by atoms with E-state index in [-0.39, 0.29) is 11.7 Å². The molecular formula is C23H24F3N3O2. The normalized spacial score (nSPS) is 17.7. The van der Waals surface area contributed by atoms with Crippen molar-refractivity contribution in [1.29, 1.82) is 0 Å². The molecule has 8 heteroatoms. The number of aromatic nitrogens is 2. The van der Waals surface area contributed by atoms with Gasteiger partial charge in [-0.1, -0.05) is 12.1 Å². The standard InChI is InChI=1S/C23H24F3N3O2/c1-13-18(5-4-6-21(13)23(24,25)26)14(2)27-22-20-11-16(31-17-9-10-30-12-17)7-8-19(20)15(3)28-29-22/h4-8,11,14,17H,9-10,12H2,1-3H3,(H,27,29)/t14-,17?/m1/s1. The van der Waals surface area contributed by atoms with Crippen LogP contribution in [0.4, 0.5) is 19.0 Å². The van der Waals surface area contributed by atoms with Crippen molar-refractivity contribution in [2.45, 2.75) is 45.5 Å². The van der Waals surface area contributed by atoms with E-state index >= 15 is 0 Å². The van der Waals surface area contributed by atoms with Gasteiger partial charge in [0.05, 0.1) is 30.5 Å². The molecule has 2 atom stereocenters. The first-order valence-corrected chi connectivity index (χ1v) is 10.2. The number of rotatable bonds is 5. The highest BCUT2D eigenvalue weighted by Crippen LogP contribution is 2.36. The van der Waals surface area contributed by atoms with Crippen molar-refractivity contribution in [3.8, 4) is 5.75 Å². The number of anilines is 1. The molecule has 31 heavy (non-hydrogen) atoms. The van der Waals surface area contributed by atoms with Gasteiger partial charge in [0.2, 0.25) is 0 Å². The number of nitrogens with one attached hydrogen (secondary N) is 1. The average molecular weight is 431 g/mol. The average Bonchev–Trinajstić information content (AvgIpc) is 3.22. The Bertz CT molecular complexity index is 1100. The van der Waals surface area contributed by atoms with Crippen LogP contribution in [0.1, 0.15) is 41.8 Å². The topological polar surface area (TPSA) is 56.3 Å². The highest BCUT2D eigenvalue weighted by atomic mass is 19.4. The Morgan fingerprint density at radius 2 is 1.94 bits per heavy atom. The lowest BCUT2D eigenvalue weighted by Crippen LogP contribution is -2.16. The summed E-state index contributed by atoms with van der Waals surface area (Å²) < 4.78 is 51.3. The molecule has 0 radical (unpaired) electrons. The lowest BCUT2D eigenvalue weighted by molar-refractivity contribution is -0.138. The summed E-state index contributed by atoms with van der Waals surface area (Å²) in [5.74, 6) is 1.19. The van der Waals surface area contributed by atoms with Gasteiger partial charge in [-0.2, -0.15) is 18.3 Å². The Morgan fingerprint density at radius 1 is 1.13 bits per heavy atom. The van der Waals surface area contributed by atoms with Crippen molar-refractivity contribution in [3.05, 3.63) is 58.8 Å². The molecule has 5 nitrogen and oxygen atoms in total. The minimum absolute atomic E-state index is 0.0106. The highest BCUT2D eigenvalue weighted by molar-refractivity contribution is 5.94. The molecule has 0 saturated carbocycles. The minimum Gasteiger partial charge on any atom is -0.488 e. The summed E-state index contributed by atoms with van der Waals surface area (Å²) in [5.41, 5.74) is 0.887. The lowest BCUT2D eigenvalue weighted by atomic mass is 9.97. The fraction of sp³-hybridized carbons (Fsp3) is 0.391. The van der Waals surface area contributed by atoms with Gasteiger partial charge in [0.1, 0.15) is 11.9 Å². The van der Waals surface area contributed by atoms with Crippen molar-refractivity contribution in [3.63, 3.8) is 0 Å². The Kier molecular flexibility index (Phi) is 5.75. The number of halogens is 3. The fourth-order valence-corrected chi connectivity index (χ4v) is 3.96. The van der Waals surface area contributed by atoms with Crippen LogP contribution in [0.3, 0.4) is 0 Å². The molecule has 0 spiro atoms. The molecule has 1 unspecified atom stereocenters. The lowest BCUT2D eigenvalue weighted by Gasteiger charge is -2.21. The number of hydrogen-bond acceptors (Lipinski definition) is 5. The third kappa shape index (κ3) is 4.44. The molecule has 2 aromatic carbocycles. The van der Waals surface area contributed by atoms with Crippen LogP contribution >= 0.6 is 0 Å². The maximum absolute atomic E-state index is 13.3. The summed E-state index contributed by atoms with van der Waals surface area (Å²) in [6, 6.07) is 9.52. The summed E-state index contributed by atoms with van der Waals surface area (Å²) in [4.78, 5) is 0. The molecule has 1 N–H and O–H groups in total. The number of ether oxygens (including phenoxy) is 2. The van der Waals surface area contributed by atoms with Crippen molar-refractivity contribution < 1.29 is 22.6 Å². The van der Waals surface area contributed by atoms with Gasteiger partial charge < -0.3 is 14.8 Å². The monoisotopic (exact) mass is 431 g/mol. The third-order valence-electron chi connectivity index (χ3n) is 5.63. The Balaban J connectivity index is 1.67. The van der Waals surface area contributed by atoms with Crippen molar-refractivity contribution >= 4 is 16.6 Å². The molecular weight excluding hydrogens is 407 g/mol. The number of nitrogens with zero attached hydrogens (tertiary/aromatic N) is 2. The number of hydrogen-bond donors (Lipinski definition) is 1. The summed E-state index contributed by atoms with van der Waals surface area (Å²) in [6.07, 6.45) is -3.55. The van der Waals surface area contributed by atoms with E-state index in [1.165, 1.54) is 13.0 Å². The van der Waals surface area contributed by atoms with Crippen LogP contribution in [0, 0.1) is 13.8 Å². The second kappa shape index (κ2) is 8.34. The SMILES string of the molecule is Cc1c([C@@H](C)Nc2nnc(C)c3ccc(OC4CCOC4)cc23)cccc1C(F)(F)F. The van der Waals surface area contributed by atoms with Gasteiger partial charge in [-0.05, 0) is 56.2 Å². The van der Waals surface area contributed by atoms with Crippen LogP contribution in [0.25, 0.3) is 10.8 Å². The van der Waals surface area contributed by atoms with Crippen LogP contribution in [0.2, 0.25) is 0 Å². The zero-order chi connectivity index (χ0) is 22.2. The zero-order valence-electron chi connectivity index (χ0n) is 17.6. The molecule has 0 bridgehead atoms. The summed E-state index contributed by atoms with van der Waals surface area (Å²) >= 11 is 0. The molecule has 1 aromatic heterocycles. The van der Waals surface area contributed by atoms with Crippen LogP contribution in [-0.2, 0) is 10.9 Å². The van der Waals surface area contributed by atoms with E-state index in [4.69, 9.17) is 9.47 Å². The zero-order valence-corrected chi connectivity index (χ0v) is 17.6. The highest BCUT2D eigenvalue weighted by Gasteiger charge is 2.33. The maximum Gasteiger partial charge on any atom is 0.416 e. The molecule has 1 fully saturated rings.